The van der Waals surface area contributed by atoms with Gasteiger partial charge in [-0.15, -0.1) is 0 Å². The van der Waals surface area contributed by atoms with Crippen molar-refractivity contribution in [2.24, 2.45) is 5.92 Å². The molecule has 0 unspecified atom stereocenters. The highest BCUT2D eigenvalue weighted by atomic mass is 19.4. The Bertz CT molecular complexity index is 841. The minimum atomic E-state index is -4.74. The zero-order valence-electron chi connectivity index (χ0n) is 15.1. The molecule has 5 nitrogen and oxygen atoms in total. The maximum absolute atomic E-state index is 12.5. The molecule has 0 atom stereocenters. The van der Waals surface area contributed by atoms with Crippen molar-refractivity contribution in [1.29, 1.82) is 0 Å². The second-order valence-corrected chi connectivity index (χ2v) is 6.95. The van der Waals surface area contributed by atoms with Gasteiger partial charge < -0.3 is 9.42 Å². The molecule has 1 fully saturated rings. The van der Waals surface area contributed by atoms with Crippen LogP contribution in [0.5, 0.6) is 0 Å². The predicted molar refractivity (Wildman–Crippen MR) is 88.2 cm³/mol. The van der Waals surface area contributed by atoms with Crippen LogP contribution in [0.15, 0.2) is 28.8 Å². The third-order valence-corrected chi connectivity index (χ3v) is 4.40. The van der Waals surface area contributed by atoms with Crippen molar-refractivity contribution in [2.45, 2.75) is 44.6 Å². The molecular weight excluding hydrogens is 404 g/mol. The van der Waals surface area contributed by atoms with E-state index in [1.165, 1.54) is 17.0 Å². The quantitative estimate of drug-likeness (QED) is 0.601. The van der Waals surface area contributed by atoms with Crippen molar-refractivity contribution in [3.05, 3.63) is 35.7 Å². The number of alkyl halides is 6. The van der Waals surface area contributed by atoms with Gasteiger partial charge in [-0.1, -0.05) is 29.4 Å². The number of hydrogen-bond donors (Lipinski definition) is 0. The number of carbonyl (C=O) groups is 1. The molecule has 0 spiro atoms. The van der Waals surface area contributed by atoms with Crippen molar-refractivity contribution in [3.63, 3.8) is 0 Å². The molecule has 0 radical (unpaired) electrons. The van der Waals surface area contributed by atoms with E-state index in [1.54, 1.807) is 12.1 Å². The molecule has 0 aliphatic heterocycles. The Balaban J connectivity index is 1.67. The molecule has 2 aromatic rings. The number of halogens is 6. The van der Waals surface area contributed by atoms with Crippen LogP contribution in [0.25, 0.3) is 11.4 Å². The third kappa shape index (κ3) is 6.20. The van der Waals surface area contributed by atoms with Crippen molar-refractivity contribution in [2.75, 3.05) is 6.54 Å². The normalized spacial score (nSPS) is 14.8. The standard InChI is InChI=1S/C18H17F6N3O2/c19-17(20,21)8-7-14(28)27(9-11-1-2-11)10-12-3-5-13(6-4-12)15-25-16(29-26-15)18(22,23)24/h3-6,11H,1-2,7-10H2. The van der Waals surface area contributed by atoms with Gasteiger partial charge in [-0.05, 0) is 24.3 Å². The van der Waals surface area contributed by atoms with Crippen LogP contribution in [-0.2, 0) is 17.5 Å². The number of hydrogen-bond acceptors (Lipinski definition) is 4. The molecule has 1 amide bonds. The summed E-state index contributed by atoms with van der Waals surface area (Å²) in [6, 6.07) is 6.07. The maximum atomic E-state index is 12.5. The summed E-state index contributed by atoms with van der Waals surface area (Å²) in [7, 11) is 0. The van der Waals surface area contributed by atoms with E-state index >= 15 is 0 Å². The molecule has 1 aliphatic carbocycles. The van der Waals surface area contributed by atoms with Crippen LogP contribution in [0.4, 0.5) is 26.3 Å². The monoisotopic (exact) mass is 421 g/mol. The van der Waals surface area contributed by atoms with Gasteiger partial charge in [0.15, 0.2) is 0 Å². The van der Waals surface area contributed by atoms with Crippen LogP contribution >= 0.6 is 0 Å². The van der Waals surface area contributed by atoms with Crippen LogP contribution in [0.1, 0.15) is 37.1 Å². The predicted octanol–water partition coefficient (Wildman–Crippen LogP) is 4.84. The van der Waals surface area contributed by atoms with E-state index in [0.29, 0.717) is 18.0 Å². The minimum absolute atomic E-state index is 0.119. The van der Waals surface area contributed by atoms with E-state index in [2.05, 4.69) is 14.7 Å². The lowest BCUT2D eigenvalue weighted by atomic mass is 10.1. The molecule has 11 heteroatoms. The summed E-state index contributed by atoms with van der Waals surface area (Å²) in [6.07, 6.45) is -9.07. The van der Waals surface area contributed by atoms with Crippen LogP contribution in [0.2, 0.25) is 0 Å². The van der Waals surface area contributed by atoms with Gasteiger partial charge in [-0.3, -0.25) is 4.79 Å². The number of amides is 1. The Kier molecular flexibility index (Phi) is 5.85. The first-order chi connectivity index (χ1) is 13.5. The van der Waals surface area contributed by atoms with Gasteiger partial charge in [0.1, 0.15) is 0 Å². The lowest BCUT2D eigenvalue weighted by Gasteiger charge is -2.23. The van der Waals surface area contributed by atoms with Gasteiger partial charge >= 0.3 is 18.2 Å². The first kappa shape index (κ1) is 21.1. The molecule has 1 saturated carbocycles. The lowest BCUT2D eigenvalue weighted by molar-refractivity contribution is -0.159. The van der Waals surface area contributed by atoms with Gasteiger partial charge in [0.05, 0.1) is 6.42 Å². The Hall–Kier alpha value is -2.59. The van der Waals surface area contributed by atoms with Crippen molar-refractivity contribution >= 4 is 5.91 Å². The fourth-order valence-electron chi connectivity index (χ4n) is 2.71. The topological polar surface area (TPSA) is 59.2 Å². The highest BCUT2D eigenvalue weighted by molar-refractivity contribution is 5.76. The molecule has 29 heavy (non-hydrogen) atoms. The largest absolute Gasteiger partial charge is 0.471 e. The number of benzene rings is 1. The Morgan fingerprint density at radius 2 is 1.76 bits per heavy atom. The summed E-state index contributed by atoms with van der Waals surface area (Å²) in [5, 5.41) is 3.29. The van der Waals surface area contributed by atoms with Crippen molar-refractivity contribution in [1.82, 2.24) is 15.0 Å². The van der Waals surface area contributed by atoms with Crippen molar-refractivity contribution < 1.29 is 35.7 Å². The van der Waals surface area contributed by atoms with Gasteiger partial charge in [-0.25, -0.2) is 0 Å². The van der Waals surface area contributed by atoms with Crippen LogP contribution < -0.4 is 0 Å². The van der Waals surface area contributed by atoms with Crippen LogP contribution in [0.3, 0.4) is 0 Å². The summed E-state index contributed by atoms with van der Waals surface area (Å²) >= 11 is 0. The average molecular weight is 421 g/mol. The van der Waals surface area contributed by atoms with E-state index < -0.39 is 37.0 Å². The molecular formula is C18H17F6N3O2. The highest BCUT2D eigenvalue weighted by Gasteiger charge is 2.38. The van der Waals surface area contributed by atoms with Gasteiger partial charge in [0, 0.05) is 25.1 Å². The fourth-order valence-corrected chi connectivity index (χ4v) is 2.71. The molecule has 1 aromatic heterocycles. The van der Waals surface area contributed by atoms with Gasteiger partial charge in [0.25, 0.3) is 0 Å². The number of carbonyl (C=O) groups excluding carboxylic acids is 1. The number of nitrogens with zero attached hydrogens (tertiary/aromatic N) is 3. The lowest BCUT2D eigenvalue weighted by Crippen LogP contribution is -2.33. The second-order valence-electron chi connectivity index (χ2n) is 6.95. The van der Waals surface area contributed by atoms with E-state index in [1.807, 2.05) is 0 Å². The first-order valence-electron chi connectivity index (χ1n) is 8.86. The zero-order valence-corrected chi connectivity index (χ0v) is 15.1. The molecule has 0 N–H and O–H groups in total. The Morgan fingerprint density at radius 1 is 1.10 bits per heavy atom. The van der Waals surface area contributed by atoms with Crippen LogP contribution in [0, 0.1) is 5.92 Å². The SMILES string of the molecule is O=C(CCC(F)(F)F)N(Cc1ccc(-c2noc(C(F)(F)F)n2)cc1)CC1CC1. The Labute approximate surface area is 161 Å². The summed E-state index contributed by atoms with van der Waals surface area (Å²) < 4.78 is 79.0. The molecule has 0 bridgehead atoms. The molecule has 158 valence electrons. The third-order valence-electron chi connectivity index (χ3n) is 4.40. The fraction of sp³-hybridized carbons (Fsp3) is 0.500. The molecule has 3 rings (SSSR count). The molecule has 1 aromatic carbocycles. The molecule has 0 saturated heterocycles. The minimum Gasteiger partial charge on any atom is -0.338 e. The van der Waals surface area contributed by atoms with E-state index in [9.17, 15) is 31.1 Å². The number of aromatic nitrogens is 2. The summed E-state index contributed by atoms with van der Waals surface area (Å²) in [6.45, 7) is 0.506. The average Bonchev–Trinajstić information content (AvgIpc) is 3.29. The van der Waals surface area contributed by atoms with E-state index in [4.69, 9.17) is 0 Å². The first-order valence-corrected chi connectivity index (χ1v) is 8.86. The van der Waals surface area contributed by atoms with Gasteiger partial charge in [-0.2, -0.15) is 31.3 Å². The van der Waals surface area contributed by atoms with Crippen molar-refractivity contribution in [3.8, 4) is 11.4 Å². The summed E-state index contributed by atoms with van der Waals surface area (Å²) in [4.78, 5) is 16.9. The Morgan fingerprint density at radius 3 is 2.28 bits per heavy atom. The summed E-state index contributed by atoms with van der Waals surface area (Å²) in [5.41, 5.74) is 0.916. The van der Waals surface area contributed by atoms with E-state index in [-0.39, 0.29) is 17.9 Å². The van der Waals surface area contributed by atoms with E-state index in [0.717, 1.165) is 12.8 Å². The van der Waals surface area contributed by atoms with Gasteiger partial charge in [0.2, 0.25) is 11.7 Å². The summed E-state index contributed by atoms with van der Waals surface area (Å²) in [5.74, 6) is -1.97. The number of rotatable bonds is 7. The zero-order chi connectivity index (χ0) is 21.2. The maximum Gasteiger partial charge on any atom is 0.471 e. The second kappa shape index (κ2) is 8.03. The highest BCUT2D eigenvalue weighted by Crippen LogP contribution is 2.32. The molecule has 1 aliphatic rings. The molecule has 1 heterocycles. The van der Waals surface area contributed by atoms with Crippen LogP contribution in [-0.4, -0.2) is 33.7 Å². The smallest absolute Gasteiger partial charge is 0.338 e.